The average molecular weight is 526 g/mol. The van der Waals surface area contributed by atoms with Crippen LogP contribution in [0.1, 0.15) is 15.9 Å². The van der Waals surface area contributed by atoms with Gasteiger partial charge in [0.05, 0.1) is 22.6 Å². The lowest BCUT2D eigenvalue weighted by molar-refractivity contribution is 0.0955. The molecule has 0 radical (unpaired) electrons. The molecule has 182 valence electrons. The van der Waals surface area contributed by atoms with E-state index in [2.05, 4.69) is 51.5 Å². The number of carbonyl (C=O) groups is 1. The molecule has 1 aromatic heterocycles. The van der Waals surface area contributed by atoms with Crippen LogP contribution >= 0.6 is 23.2 Å². The number of phenols is 1. The summed E-state index contributed by atoms with van der Waals surface area (Å²) < 4.78 is 2.18. The molecule has 0 saturated heterocycles. The third kappa shape index (κ3) is 5.28. The van der Waals surface area contributed by atoms with Crippen LogP contribution in [0.15, 0.2) is 114 Å². The van der Waals surface area contributed by atoms with Gasteiger partial charge in [0.15, 0.2) is 0 Å². The number of carbonyl (C=O) groups excluding carboxylic acids is 1. The number of benzene rings is 4. The van der Waals surface area contributed by atoms with Crippen LogP contribution in [-0.2, 0) is 0 Å². The number of phenolic OH excluding ortho intramolecular Hbond substituents is 1. The molecule has 4 aromatic carbocycles. The van der Waals surface area contributed by atoms with E-state index in [1.807, 2.05) is 48.5 Å². The van der Waals surface area contributed by atoms with Gasteiger partial charge in [-0.3, -0.25) is 4.79 Å². The van der Waals surface area contributed by atoms with Crippen molar-refractivity contribution in [3.63, 3.8) is 0 Å². The van der Waals surface area contributed by atoms with E-state index in [1.54, 1.807) is 12.1 Å². The molecule has 0 aliphatic heterocycles. The fraction of sp³-hybridized carbons (Fsp3) is 0. The highest BCUT2D eigenvalue weighted by molar-refractivity contribution is 6.36. The monoisotopic (exact) mass is 525 g/mol. The van der Waals surface area contributed by atoms with Crippen molar-refractivity contribution in [1.82, 2.24) is 9.99 Å². The van der Waals surface area contributed by atoms with E-state index in [9.17, 15) is 9.90 Å². The first kappa shape index (κ1) is 24.4. The molecule has 37 heavy (non-hydrogen) atoms. The topological polar surface area (TPSA) is 66.6 Å². The predicted molar refractivity (Wildman–Crippen MR) is 150 cm³/mol. The summed E-state index contributed by atoms with van der Waals surface area (Å²) in [6.45, 7) is 0. The van der Waals surface area contributed by atoms with Gasteiger partial charge in [0, 0.05) is 21.8 Å². The number of aromatic hydroxyl groups is 1. The number of amides is 1. The van der Waals surface area contributed by atoms with Crippen molar-refractivity contribution < 1.29 is 9.90 Å². The van der Waals surface area contributed by atoms with E-state index in [1.165, 1.54) is 18.3 Å². The number of nitrogens with zero attached hydrogens (tertiary/aromatic N) is 2. The summed E-state index contributed by atoms with van der Waals surface area (Å²) in [6.07, 6.45) is 1.29. The van der Waals surface area contributed by atoms with Crippen molar-refractivity contribution in [2.24, 2.45) is 5.10 Å². The molecule has 0 unspecified atom stereocenters. The van der Waals surface area contributed by atoms with Crippen molar-refractivity contribution in [3.8, 4) is 34.0 Å². The van der Waals surface area contributed by atoms with Crippen LogP contribution in [0.5, 0.6) is 5.75 Å². The molecule has 0 fully saturated rings. The van der Waals surface area contributed by atoms with Gasteiger partial charge in [-0.1, -0.05) is 83.9 Å². The Morgan fingerprint density at radius 3 is 1.92 bits per heavy atom. The predicted octanol–water partition coefficient (Wildman–Crippen LogP) is 7.59. The maximum absolute atomic E-state index is 12.7. The summed E-state index contributed by atoms with van der Waals surface area (Å²) in [5.74, 6) is -0.557. The molecule has 5 rings (SSSR count). The summed E-state index contributed by atoms with van der Waals surface area (Å²) in [7, 11) is 0. The lowest BCUT2D eigenvalue weighted by Crippen LogP contribution is -2.17. The van der Waals surface area contributed by atoms with Crippen molar-refractivity contribution in [1.29, 1.82) is 0 Å². The molecule has 0 atom stereocenters. The Labute approximate surface area is 224 Å². The van der Waals surface area contributed by atoms with Crippen LogP contribution < -0.4 is 5.43 Å². The molecule has 2 N–H and O–H groups in total. The number of hydrazone groups is 1. The lowest BCUT2D eigenvalue weighted by Gasteiger charge is -2.15. The number of hydrogen-bond acceptors (Lipinski definition) is 3. The van der Waals surface area contributed by atoms with Gasteiger partial charge in [-0.15, -0.1) is 0 Å². The first-order valence-corrected chi connectivity index (χ1v) is 12.2. The molecule has 5 aromatic rings. The van der Waals surface area contributed by atoms with Gasteiger partial charge < -0.3 is 9.67 Å². The number of halogens is 2. The van der Waals surface area contributed by atoms with Gasteiger partial charge in [-0.05, 0) is 59.7 Å². The second-order valence-electron chi connectivity index (χ2n) is 8.24. The van der Waals surface area contributed by atoms with Gasteiger partial charge in [0.2, 0.25) is 0 Å². The zero-order valence-electron chi connectivity index (χ0n) is 19.5. The Morgan fingerprint density at radius 2 is 1.35 bits per heavy atom. The number of aromatic nitrogens is 1. The normalized spacial score (nSPS) is 11.1. The van der Waals surface area contributed by atoms with Crippen LogP contribution in [0, 0.1) is 0 Å². The quantitative estimate of drug-likeness (QED) is 0.177. The smallest absolute Gasteiger partial charge is 0.271 e. The maximum atomic E-state index is 12.7. The molecule has 0 saturated carbocycles. The van der Waals surface area contributed by atoms with Gasteiger partial charge >= 0.3 is 0 Å². The molecular weight excluding hydrogens is 505 g/mol. The zero-order chi connectivity index (χ0) is 25.8. The Hall–Kier alpha value is -4.32. The van der Waals surface area contributed by atoms with Gasteiger partial charge in [-0.2, -0.15) is 5.10 Å². The summed E-state index contributed by atoms with van der Waals surface area (Å²) in [5, 5.41) is 14.4. The van der Waals surface area contributed by atoms with Crippen LogP contribution in [0.2, 0.25) is 10.0 Å². The lowest BCUT2D eigenvalue weighted by atomic mass is 10.1. The van der Waals surface area contributed by atoms with E-state index in [0.29, 0.717) is 16.1 Å². The summed E-state index contributed by atoms with van der Waals surface area (Å²) in [6, 6.07) is 34.8. The van der Waals surface area contributed by atoms with E-state index < -0.39 is 5.91 Å². The molecule has 0 spiro atoms. The van der Waals surface area contributed by atoms with Crippen molar-refractivity contribution in [2.75, 3.05) is 0 Å². The van der Waals surface area contributed by atoms with Crippen molar-refractivity contribution >= 4 is 35.3 Å². The first-order chi connectivity index (χ1) is 18.0. The Kier molecular flexibility index (Phi) is 7.08. The first-order valence-electron chi connectivity index (χ1n) is 11.5. The average Bonchev–Trinajstić information content (AvgIpc) is 3.37. The molecular formula is C30H21Cl2N3O2. The molecule has 7 heteroatoms. The minimum absolute atomic E-state index is 0.102. The SMILES string of the molecule is O=C(N/N=C\c1cc(Cl)cc(Cl)c1O)c1ccc(-n2c(-c3ccccc3)ccc2-c2ccccc2)cc1. The Bertz CT molecular complexity index is 1520. The summed E-state index contributed by atoms with van der Waals surface area (Å²) in [4.78, 5) is 12.7. The number of nitrogens with one attached hydrogen (secondary N) is 1. The van der Waals surface area contributed by atoms with Gasteiger partial charge in [0.1, 0.15) is 5.75 Å². The van der Waals surface area contributed by atoms with Crippen molar-refractivity contribution in [3.05, 3.63) is 130 Å². The minimum Gasteiger partial charge on any atom is -0.506 e. The zero-order valence-corrected chi connectivity index (χ0v) is 21.0. The second kappa shape index (κ2) is 10.7. The van der Waals surface area contributed by atoms with Gasteiger partial charge in [0.25, 0.3) is 5.91 Å². The van der Waals surface area contributed by atoms with Gasteiger partial charge in [-0.25, -0.2) is 5.43 Å². The molecule has 1 heterocycles. The summed E-state index contributed by atoms with van der Waals surface area (Å²) in [5.41, 5.74) is 8.38. The highest BCUT2D eigenvalue weighted by Gasteiger charge is 2.14. The standard InChI is InChI=1S/C30H21Cl2N3O2/c31-24-17-23(29(36)26(32)18-24)19-33-34-30(37)22-11-13-25(14-12-22)35-27(20-7-3-1-4-8-20)15-16-28(35)21-9-5-2-6-10-21/h1-19,36H,(H,34,37)/b33-19-. The van der Waals surface area contributed by atoms with Crippen LogP contribution in [-0.4, -0.2) is 21.8 Å². The third-order valence-corrected chi connectivity index (χ3v) is 6.34. The van der Waals surface area contributed by atoms with Crippen LogP contribution in [0.25, 0.3) is 28.2 Å². The fourth-order valence-corrected chi connectivity index (χ4v) is 4.56. The van der Waals surface area contributed by atoms with Crippen LogP contribution in [0.4, 0.5) is 0 Å². The maximum Gasteiger partial charge on any atom is 0.271 e. The highest BCUT2D eigenvalue weighted by Crippen LogP contribution is 2.33. The molecule has 0 bridgehead atoms. The number of rotatable bonds is 6. The van der Waals surface area contributed by atoms with E-state index >= 15 is 0 Å². The van der Waals surface area contributed by atoms with E-state index in [0.717, 1.165) is 28.2 Å². The Morgan fingerprint density at radius 1 is 0.784 bits per heavy atom. The molecule has 1 amide bonds. The highest BCUT2D eigenvalue weighted by atomic mass is 35.5. The minimum atomic E-state index is -0.394. The molecule has 5 nitrogen and oxygen atoms in total. The van der Waals surface area contributed by atoms with E-state index in [4.69, 9.17) is 23.2 Å². The second-order valence-corrected chi connectivity index (χ2v) is 9.09. The Balaban J connectivity index is 1.42. The molecule has 0 aliphatic rings. The number of hydrogen-bond donors (Lipinski definition) is 2. The molecule has 0 aliphatic carbocycles. The summed E-state index contributed by atoms with van der Waals surface area (Å²) >= 11 is 11.9. The van der Waals surface area contributed by atoms with Crippen molar-refractivity contribution in [2.45, 2.75) is 0 Å². The fourth-order valence-electron chi connectivity index (χ4n) is 4.05. The van der Waals surface area contributed by atoms with E-state index in [-0.39, 0.29) is 10.8 Å². The third-order valence-electron chi connectivity index (χ3n) is 5.84. The largest absolute Gasteiger partial charge is 0.506 e. The van der Waals surface area contributed by atoms with Crippen LogP contribution in [0.3, 0.4) is 0 Å².